The second kappa shape index (κ2) is 53.6. The van der Waals surface area contributed by atoms with Crippen molar-refractivity contribution in [3.8, 4) is 22.3 Å². The normalized spacial score (nSPS) is 17.6. The van der Waals surface area contributed by atoms with Crippen LogP contribution in [-0.4, -0.2) is 175 Å². The molecular formula is C127H170N8O14. The molecule has 2 saturated carbocycles. The highest BCUT2D eigenvalue weighted by molar-refractivity contribution is 5.93. The lowest BCUT2D eigenvalue weighted by Gasteiger charge is -2.44. The van der Waals surface area contributed by atoms with E-state index in [4.69, 9.17) is 28.4 Å². The number of rotatable bonds is 20. The van der Waals surface area contributed by atoms with Crippen LogP contribution in [0.4, 0.5) is 30.6 Å². The molecule has 6 N–H and O–H groups in total. The Bertz CT molecular complexity index is 5650. The van der Waals surface area contributed by atoms with Crippen molar-refractivity contribution in [1.82, 2.24) is 30.2 Å². The molecule has 2 aliphatic carbocycles. The molecule has 4 aliphatic heterocycles. The molecule has 10 aromatic carbocycles. The van der Waals surface area contributed by atoms with E-state index < -0.39 is 45.5 Å². The molecule has 10 aromatic rings. The number of carbonyl (C=O) groups excluding carboxylic acids is 6. The van der Waals surface area contributed by atoms with Crippen LogP contribution in [-0.2, 0) is 49.2 Å². The molecule has 0 radical (unpaired) electrons. The highest BCUT2D eigenvalue weighted by Gasteiger charge is 2.51. The molecule has 22 heteroatoms. The van der Waals surface area contributed by atoms with E-state index in [1.807, 2.05) is 347 Å². The van der Waals surface area contributed by atoms with Crippen LogP contribution >= 0.6 is 0 Å². The molecule has 0 spiro atoms. The molecule has 6 aliphatic rings. The van der Waals surface area contributed by atoms with E-state index in [9.17, 15) is 39.0 Å². The van der Waals surface area contributed by atoms with Crippen LogP contribution in [0.2, 0.25) is 0 Å². The Balaban J connectivity index is 0.000000170. The maximum Gasteiger partial charge on any atom is 0.412 e. The number of esters is 2. The van der Waals surface area contributed by atoms with Crippen molar-refractivity contribution < 1.29 is 67.4 Å². The van der Waals surface area contributed by atoms with Crippen LogP contribution in [0.1, 0.15) is 293 Å². The van der Waals surface area contributed by atoms with Gasteiger partial charge in [0.2, 0.25) is 0 Å². The average molecular weight is 2030 g/mol. The van der Waals surface area contributed by atoms with Gasteiger partial charge in [0.15, 0.2) is 11.2 Å². The minimum atomic E-state index is -1.53. The summed E-state index contributed by atoms with van der Waals surface area (Å²) in [6, 6.07) is 93.7. The number of hydrogen-bond donors (Lipinski definition) is 6. The number of carbonyl (C=O) groups is 6. The third-order valence-electron chi connectivity index (χ3n) is 29.1. The maximum absolute atomic E-state index is 12.8. The number of piperidine rings is 4. The Morgan fingerprint density at radius 1 is 0.295 bits per heavy atom. The van der Waals surface area contributed by atoms with E-state index in [2.05, 4.69) is 124 Å². The lowest BCUT2D eigenvalue weighted by atomic mass is 9.73. The molecular weight excluding hydrogens is 1860 g/mol. The van der Waals surface area contributed by atoms with Crippen molar-refractivity contribution in [2.24, 2.45) is 11.8 Å². The molecule has 2 atom stereocenters. The number of likely N-dealkylation sites (tertiary alicyclic amines) is 4. The number of hydrogen-bond acceptors (Lipinski definition) is 18. The van der Waals surface area contributed by atoms with Gasteiger partial charge in [-0.2, -0.15) is 0 Å². The minimum Gasteiger partial charge on any atom is -0.458 e. The second-order valence-corrected chi connectivity index (χ2v) is 47.0. The van der Waals surface area contributed by atoms with Crippen LogP contribution in [0.15, 0.2) is 291 Å². The van der Waals surface area contributed by atoms with Gasteiger partial charge in [0.1, 0.15) is 34.6 Å². The molecule has 149 heavy (non-hydrogen) atoms. The predicted octanol–water partition coefficient (Wildman–Crippen LogP) is 27.8. The Hall–Kier alpha value is -12.0. The number of para-hydroxylation sites is 2. The number of nitrogens with one attached hydrogen (secondary N) is 4. The Morgan fingerprint density at radius 3 is 0.846 bits per heavy atom. The van der Waals surface area contributed by atoms with Crippen molar-refractivity contribution in [3.63, 3.8) is 0 Å². The van der Waals surface area contributed by atoms with Crippen molar-refractivity contribution in [1.29, 1.82) is 0 Å². The Labute approximate surface area is 889 Å². The van der Waals surface area contributed by atoms with Crippen molar-refractivity contribution in [2.75, 3.05) is 63.0 Å². The van der Waals surface area contributed by atoms with E-state index in [-0.39, 0.29) is 82.7 Å². The monoisotopic (exact) mass is 2030 g/mol. The highest BCUT2D eigenvalue weighted by Crippen LogP contribution is 2.45. The molecule has 4 saturated heterocycles. The van der Waals surface area contributed by atoms with Gasteiger partial charge >= 0.3 is 36.3 Å². The molecule has 4 amide bonds. The van der Waals surface area contributed by atoms with E-state index in [1.165, 1.54) is 6.42 Å². The molecule has 4 heterocycles. The van der Waals surface area contributed by atoms with Crippen molar-refractivity contribution >= 4 is 47.7 Å². The quantitative estimate of drug-likeness (QED) is 0.0306. The third-order valence-corrected chi connectivity index (χ3v) is 29.1. The summed E-state index contributed by atoms with van der Waals surface area (Å²) in [5.74, 6) is -1.17. The first-order valence-electron chi connectivity index (χ1n) is 54.0. The van der Waals surface area contributed by atoms with Gasteiger partial charge in [-0.3, -0.25) is 30.2 Å². The summed E-state index contributed by atoms with van der Waals surface area (Å²) >= 11 is 0. The SMILES string of the molecule is CC(C)(C)N1CCC(OC(=O)NC(c2ccccc2)c2ccccc2)CC1.CC(C)(C)N1CCC(OC(=O)Nc2ccccc2-c2ccccc2)CC1.CC(C)(C)OC(=O)C(O)(c1ccccc1)C1CCCCC1.CC(C)(C)OC(=O)[C@](O)(c1ccccc1)C1CCCC1.CC1(OC(=O)NC(c2ccccc2)c2ccccc2)CCN(C(C)(C)C)CC1.CC1(OC(=O)Nc2ccccc2-c2ccccc2)CCN(C(C)(C)C)CC1. The number of alkyl carbamates (subject to hydrolysis) is 2. The van der Waals surface area contributed by atoms with Gasteiger partial charge in [0.05, 0.1) is 23.5 Å². The Kier molecular flexibility index (Phi) is 42.2. The minimum absolute atomic E-state index is 0.0162. The summed E-state index contributed by atoms with van der Waals surface area (Å²) in [6.07, 6.45) is 14.3. The fourth-order valence-corrected chi connectivity index (χ4v) is 20.3. The molecule has 0 bridgehead atoms. The number of aliphatic hydroxyl groups is 2. The molecule has 16 rings (SSSR count). The van der Waals surface area contributed by atoms with E-state index >= 15 is 0 Å². The van der Waals surface area contributed by atoms with E-state index in [0.717, 1.165) is 211 Å². The van der Waals surface area contributed by atoms with Gasteiger partial charge in [-0.1, -0.05) is 311 Å². The molecule has 6 fully saturated rings. The molecule has 802 valence electrons. The zero-order valence-corrected chi connectivity index (χ0v) is 92.4. The lowest BCUT2D eigenvalue weighted by Crippen LogP contribution is -2.52. The molecule has 1 unspecified atom stereocenters. The van der Waals surface area contributed by atoms with E-state index in [1.54, 1.807) is 0 Å². The third kappa shape index (κ3) is 35.8. The summed E-state index contributed by atoms with van der Waals surface area (Å²) in [4.78, 5) is 85.5. The van der Waals surface area contributed by atoms with Crippen LogP contribution < -0.4 is 21.3 Å². The first-order chi connectivity index (χ1) is 70.6. The lowest BCUT2D eigenvalue weighted by molar-refractivity contribution is -0.187. The topological polar surface area (TPSA) is 259 Å². The number of amides is 4. The van der Waals surface area contributed by atoms with Gasteiger partial charge < -0.3 is 49.3 Å². The highest BCUT2D eigenvalue weighted by atomic mass is 16.6. The first-order valence-corrected chi connectivity index (χ1v) is 54.0. The zero-order valence-electron chi connectivity index (χ0n) is 92.4. The van der Waals surface area contributed by atoms with Gasteiger partial charge in [-0.25, -0.2) is 28.8 Å². The summed E-state index contributed by atoms with van der Waals surface area (Å²) in [6.45, 7) is 49.4. The Morgan fingerprint density at radius 2 is 0.544 bits per heavy atom. The second-order valence-electron chi connectivity index (χ2n) is 47.0. The van der Waals surface area contributed by atoms with Crippen molar-refractivity contribution in [2.45, 2.75) is 328 Å². The number of ether oxygens (including phenoxy) is 6. The smallest absolute Gasteiger partial charge is 0.412 e. The fourth-order valence-electron chi connectivity index (χ4n) is 20.3. The standard InChI is InChI=1S/C24H32N2O2.2C23H30N2O2.C22H28N2O2.C18H26O3.C17H24O3/c1-23(2,3)26-17-15-24(4,16-18-26)28-22(27)25-21(19-11-7-5-8-12-19)20-13-9-6-10-14-20;1-22(2,3)25-16-14-23(4,15-17-25)27-21(26)24-20-13-9-8-12-19(20)18-10-6-5-7-11-18;1-23(2,3)25-16-14-20(15-17-25)27-22(26)24-21(18-10-6-4-7-11-18)19-12-8-5-9-13-19;1-22(2,3)24-15-13-18(14-16-24)26-21(25)23-20-12-8-7-11-19(20)17-9-5-4-6-10-17;1-17(2,3)21-16(19)18(20,14-10-6-4-7-11-14)15-12-8-5-9-13-15;1-16(2,3)20-15(18)17(19,14-11-7-8-12-14)13-9-5-4-6-10-13/h5-14,21H,15-18H2,1-4H3,(H,25,27);5-13H,14-17H2,1-4H3,(H,24,26);4-13,20-21H,14-17H2,1-3H3,(H,24,26);4-12,18H,13-16H2,1-3H3,(H,23,25);4,6-7,10-11,15,20H,5,8-9,12-13H2,1-3H3;4-6,9-10,14,19H,7-8,11-12H2,1-3H3/t;;;;;17-/m.....0/s1. The number of anilines is 2. The summed E-state index contributed by atoms with van der Waals surface area (Å²) in [7, 11) is 0. The number of benzene rings is 10. The van der Waals surface area contributed by atoms with Gasteiger partial charge in [0.25, 0.3) is 0 Å². The number of nitrogens with zero attached hydrogens (tertiary/aromatic N) is 4. The average Bonchev–Trinajstić information content (AvgIpc) is 1.63. The van der Waals surface area contributed by atoms with Crippen LogP contribution in [0.5, 0.6) is 0 Å². The van der Waals surface area contributed by atoms with Crippen LogP contribution in [0, 0.1) is 11.8 Å². The van der Waals surface area contributed by atoms with Gasteiger partial charge in [0, 0.05) is 97.5 Å². The summed E-state index contributed by atoms with van der Waals surface area (Å²) in [5, 5.41) is 34.4. The summed E-state index contributed by atoms with van der Waals surface area (Å²) < 4.78 is 34.2. The van der Waals surface area contributed by atoms with Crippen LogP contribution in [0.3, 0.4) is 0 Å². The first kappa shape index (κ1) is 117. The maximum atomic E-state index is 12.8. The molecule has 0 aromatic heterocycles. The van der Waals surface area contributed by atoms with E-state index in [0.29, 0.717) is 11.1 Å². The van der Waals surface area contributed by atoms with Crippen molar-refractivity contribution in [3.05, 3.63) is 325 Å². The fraction of sp³-hybridized carbons (Fsp3) is 0.480. The zero-order chi connectivity index (χ0) is 108. The largest absolute Gasteiger partial charge is 0.458 e. The van der Waals surface area contributed by atoms with Crippen LogP contribution in [0.25, 0.3) is 22.3 Å². The van der Waals surface area contributed by atoms with Gasteiger partial charge in [-0.05, 0) is 272 Å². The molecule has 22 nitrogen and oxygen atoms in total. The van der Waals surface area contributed by atoms with Gasteiger partial charge in [-0.15, -0.1) is 0 Å². The predicted molar refractivity (Wildman–Crippen MR) is 600 cm³/mol. The summed E-state index contributed by atoms with van der Waals surface area (Å²) in [5.41, 5.74) is 6.64.